The van der Waals surface area contributed by atoms with Gasteiger partial charge in [0.1, 0.15) is 11.9 Å². The van der Waals surface area contributed by atoms with Gasteiger partial charge >= 0.3 is 0 Å². The molecule has 2 N–H and O–H groups in total. The highest BCUT2D eigenvalue weighted by atomic mass is 16.5. The second-order valence-electron chi connectivity index (χ2n) is 5.15. The van der Waals surface area contributed by atoms with Crippen LogP contribution in [0.3, 0.4) is 0 Å². The molecule has 1 saturated heterocycles. The highest BCUT2D eigenvalue weighted by molar-refractivity contribution is 5.81. The van der Waals surface area contributed by atoms with E-state index in [-0.39, 0.29) is 12.0 Å². The fraction of sp³-hybridized carbons (Fsp3) is 0.467. The first-order chi connectivity index (χ1) is 10.3. The number of carbonyl (C=O) groups excluding carboxylic acids is 1. The fourth-order valence-corrected chi connectivity index (χ4v) is 2.62. The van der Waals surface area contributed by atoms with Gasteiger partial charge in [-0.1, -0.05) is 12.1 Å². The Morgan fingerprint density at radius 2 is 2.38 bits per heavy atom. The summed E-state index contributed by atoms with van der Waals surface area (Å²) in [5, 5.41) is 6.08. The number of hydrogen-bond donors (Lipinski definition) is 2. The van der Waals surface area contributed by atoms with E-state index in [2.05, 4.69) is 20.2 Å². The van der Waals surface area contributed by atoms with Crippen molar-refractivity contribution in [2.24, 2.45) is 0 Å². The van der Waals surface area contributed by atoms with E-state index < -0.39 is 0 Å². The molecule has 1 unspecified atom stereocenters. The molecule has 2 aromatic rings. The topological polar surface area (TPSA) is 68.2 Å². The predicted molar refractivity (Wildman–Crippen MR) is 80.1 cm³/mol. The van der Waals surface area contributed by atoms with E-state index in [0.29, 0.717) is 26.2 Å². The molecule has 1 fully saturated rings. The monoisotopic (exact) mass is 288 g/mol. The lowest BCUT2D eigenvalue weighted by Crippen LogP contribution is -2.48. The molecule has 6 nitrogen and oxygen atoms in total. The van der Waals surface area contributed by atoms with Gasteiger partial charge in [0.15, 0.2) is 0 Å². The number of fused-ring (bicyclic) bond motifs is 1. The Morgan fingerprint density at radius 3 is 3.19 bits per heavy atom. The second-order valence-corrected chi connectivity index (χ2v) is 5.15. The highest BCUT2D eigenvalue weighted by Gasteiger charge is 2.21. The van der Waals surface area contributed by atoms with E-state index in [1.807, 2.05) is 31.2 Å². The molecule has 1 atom stereocenters. The van der Waals surface area contributed by atoms with E-state index in [4.69, 9.17) is 4.74 Å². The van der Waals surface area contributed by atoms with Gasteiger partial charge in [-0.25, -0.2) is 4.98 Å². The molecule has 6 heteroatoms. The maximum absolute atomic E-state index is 12.0. The normalized spacial score (nSPS) is 18.8. The van der Waals surface area contributed by atoms with Crippen molar-refractivity contribution in [1.82, 2.24) is 20.2 Å². The molecule has 0 bridgehead atoms. The Balaban J connectivity index is 1.59. The summed E-state index contributed by atoms with van der Waals surface area (Å²) in [6, 6.07) is 8.03. The summed E-state index contributed by atoms with van der Waals surface area (Å²) in [7, 11) is 0. The standard InChI is InChI=1S/C15H20N4O2/c1-11-18-12-4-2-3-5-13(12)19(11)8-6-17-15(20)14-10-16-7-9-21-14/h2-5,14,16H,6-10H2,1H3,(H,17,20). The lowest BCUT2D eigenvalue weighted by molar-refractivity contribution is -0.134. The maximum Gasteiger partial charge on any atom is 0.250 e. The molecule has 0 saturated carbocycles. The van der Waals surface area contributed by atoms with Crippen molar-refractivity contribution >= 4 is 16.9 Å². The fourth-order valence-electron chi connectivity index (χ4n) is 2.62. The Labute approximate surface area is 123 Å². The SMILES string of the molecule is Cc1nc2ccccc2n1CCNC(=O)C1CNCCO1. The zero-order valence-corrected chi connectivity index (χ0v) is 12.1. The van der Waals surface area contributed by atoms with Crippen LogP contribution in [0.5, 0.6) is 0 Å². The number of aromatic nitrogens is 2. The van der Waals surface area contributed by atoms with Gasteiger partial charge < -0.3 is 19.9 Å². The van der Waals surface area contributed by atoms with Crippen molar-refractivity contribution in [3.63, 3.8) is 0 Å². The molecule has 1 aliphatic rings. The molecule has 21 heavy (non-hydrogen) atoms. The lowest BCUT2D eigenvalue weighted by Gasteiger charge is -2.22. The van der Waals surface area contributed by atoms with E-state index in [9.17, 15) is 4.79 Å². The molecule has 112 valence electrons. The lowest BCUT2D eigenvalue weighted by atomic mass is 10.3. The van der Waals surface area contributed by atoms with Crippen molar-refractivity contribution in [2.75, 3.05) is 26.2 Å². The van der Waals surface area contributed by atoms with Crippen LogP contribution in [0.4, 0.5) is 0 Å². The average molecular weight is 288 g/mol. The predicted octanol–water partition coefficient (Wildman–Crippen LogP) is 0.449. The number of nitrogens with zero attached hydrogens (tertiary/aromatic N) is 2. The number of morpholine rings is 1. The van der Waals surface area contributed by atoms with Crippen LogP contribution >= 0.6 is 0 Å². The first-order valence-corrected chi connectivity index (χ1v) is 7.27. The molecule has 1 aliphatic heterocycles. The third-order valence-corrected chi connectivity index (χ3v) is 3.70. The minimum Gasteiger partial charge on any atom is -0.366 e. The van der Waals surface area contributed by atoms with Gasteiger partial charge in [-0.05, 0) is 19.1 Å². The van der Waals surface area contributed by atoms with Gasteiger partial charge in [-0.15, -0.1) is 0 Å². The molecular weight excluding hydrogens is 268 g/mol. The van der Waals surface area contributed by atoms with Gasteiger partial charge in [-0.3, -0.25) is 4.79 Å². The van der Waals surface area contributed by atoms with Gasteiger partial charge in [0.2, 0.25) is 0 Å². The minimum absolute atomic E-state index is 0.0516. The first-order valence-electron chi connectivity index (χ1n) is 7.27. The Kier molecular flexibility index (Phi) is 4.17. The number of carbonyl (C=O) groups is 1. The summed E-state index contributed by atoms with van der Waals surface area (Å²) < 4.78 is 7.55. The number of ether oxygens (including phenoxy) is 1. The number of imidazole rings is 1. The summed E-state index contributed by atoms with van der Waals surface area (Å²) in [6.45, 7) is 5.24. The average Bonchev–Trinajstić information content (AvgIpc) is 2.84. The largest absolute Gasteiger partial charge is 0.366 e. The van der Waals surface area contributed by atoms with Crippen LogP contribution in [0.1, 0.15) is 5.82 Å². The molecular formula is C15H20N4O2. The van der Waals surface area contributed by atoms with E-state index in [1.54, 1.807) is 0 Å². The highest BCUT2D eigenvalue weighted by Crippen LogP contribution is 2.14. The molecule has 3 rings (SSSR count). The summed E-state index contributed by atoms with van der Waals surface area (Å²) >= 11 is 0. The maximum atomic E-state index is 12.0. The molecule has 1 aromatic heterocycles. The van der Waals surface area contributed by atoms with Crippen LogP contribution in [0, 0.1) is 6.92 Å². The number of rotatable bonds is 4. The van der Waals surface area contributed by atoms with Crippen LogP contribution in [-0.2, 0) is 16.1 Å². The summed E-state index contributed by atoms with van der Waals surface area (Å²) in [4.78, 5) is 16.5. The van der Waals surface area contributed by atoms with Crippen molar-refractivity contribution in [3.05, 3.63) is 30.1 Å². The Bertz CT molecular complexity index is 632. The van der Waals surface area contributed by atoms with Crippen molar-refractivity contribution in [1.29, 1.82) is 0 Å². The Morgan fingerprint density at radius 1 is 1.52 bits per heavy atom. The summed E-state index contributed by atoms with van der Waals surface area (Å²) in [6.07, 6.45) is -0.376. The van der Waals surface area contributed by atoms with Gasteiger partial charge in [0, 0.05) is 26.2 Å². The van der Waals surface area contributed by atoms with Crippen LogP contribution < -0.4 is 10.6 Å². The zero-order valence-electron chi connectivity index (χ0n) is 12.1. The third kappa shape index (κ3) is 3.06. The quantitative estimate of drug-likeness (QED) is 0.857. The summed E-state index contributed by atoms with van der Waals surface area (Å²) in [5.74, 6) is 0.908. The number of aryl methyl sites for hydroxylation is 1. The van der Waals surface area contributed by atoms with Crippen molar-refractivity contribution in [3.8, 4) is 0 Å². The minimum atomic E-state index is -0.376. The first kappa shape index (κ1) is 14.0. The molecule has 2 heterocycles. The van der Waals surface area contributed by atoms with E-state index in [0.717, 1.165) is 23.4 Å². The van der Waals surface area contributed by atoms with Crippen LogP contribution in [0.15, 0.2) is 24.3 Å². The van der Waals surface area contributed by atoms with Crippen molar-refractivity contribution in [2.45, 2.75) is 19.6 Å². The molecule has 0 spiro atoms. The van der Waals surface area contributed by atoms with Crippen LogP contribution in [0.25, 0.3) is 11.0 Å². The number of nitrogens with one attached hydrogen (secondary N) is 2. The third-order valence-electron chi connectivity index (χ3n) is 3.70. The van der Waals surface area contributed by atoms with Crippen LogP contribution in [0.2, 0.25) is 0 Å². The molecule has 1 amide bonds. The summed E-state index contributed by atoms with van der Waals surface area (Å²) in [5.41, 5.74) is 2.08. The smallest absolute Gasteiger partial charge is 0.250 e. The number of benzene rings is 1. The zero-order chi connectivity index (χ0) is 14.7. The molecule has 0 radical (unpaired) electrons. The number of amides is 1. The van der Waals surface area contributed by atoms with Gasteiger partial charge in [0.05, 0.1) is 17.6 Å². The number of para-hydroxylation sites is 2. The molecule has 0 aliphatic carbocycles. The second kappa shape index (κ2) is 6.24. The van der Waals surface area contributed by atoms with Gasteiger partial charge in [-0.2, -0.15) is 0 Å². The molecule has 1 aromatic carbocycles. The van der Waals surface area contributed by atoms with Gasteiger partial charge in [0.25, 0.3) is 5.91 Å². The van der Waals surface area contributed by atoms with Crippen molar-refractivity contribution < 1.29 is 9.53 Å². The number of hydrogen-bond acceptors (Lipinski definition) is 4. The Hall–Kier alpha value is -1.92. The van der Waals surface area contributed by atoms with E-state index >= 15 is 0 Å². The van der Waals surface area contributed by atoms with Crippen LogP contribution in [-0.4, -0.2) is 47.8 Å². The van der Waals surface area contributed by atoms with E-state index in [1.165, 1.54) is 0 Å².